The van der Waals surface area contributed by atoms with Gasteiger partial charge in [0, 0.05) is 6.61 Å². The Morgan fingerprint density at radius 1 is 1.54 bits per heavy atom. The molecule has 1 heterocycles. The van der Waals surface area contributed by atoms with Gasteiger partial charge in [0.1, 0.15) is 0 Å². The van der Waals surface area contributed by atoms with Crippen LogP contribution in [0.1, 0.15) is 26.7 Å². The van der Waals surface area contributed by atoms with Crippen molar-refractivity contribution >= 4 is 0 Å². The van der Waals surface area contributed by atoms with Gasteiger partial charge in [-0.05, 0) is 26.7 Å². The molecule has 0 saturated carbocycles. The number of aliphatic hydroxyl groups excluding tert-OH is 1. The zero-order valence-electron chi connectivity index (χ0n) is 8.19. The van der Waals surface area contributed by atoms with Crippen LogP contribution < -0.4 is 0 Å². The molecule has 1 aliphatic heterocycles. The first-order valence-electron chi connectivity index (χ1n) is 4.65. The molecule has 1 saturated heterocycles. The Kier molecular flexibility index (Phi) is 3.67. The lowest BCUT2D eigenvalue weighted by atomic mass is 10.1. The molecule has 0 bridgehead atoms. The van der Waals surface area contributed by atoms with Crippen LogP contribution in [0, 0.1) is 0 Å². The number of hydrogen-bond donors (Lipinski definition) is 2. The summed E-state index contributed by atoms with van der Waals surface area (Å²) >= 11 is 0. The van der Waals surface area contributed by atoms with Crippen molar-refractivity contribution in [2.24, 2.45) is 0 Å². The molecule has 2 atom stereocenters. The zero-order valence-corrected chi connectivity index (χ0v) is 8.19. The van der Waals surface area contributed by atoms with E-state index in [1.807, 2.05) is 0 Å². The molecule has 0 amide bonds. The number of aliphatic hydroxyl groups is 2. The number of hydrogen-bond acceptors (Lipinski definition) is 4. The van der Waals surface area contributed by atoms with E-state index in [-0.39, 0.29) is 12.2 Å². The number of rotatable bonds is 4. The van der Waals surface area contributed by atoms with Gasteiger partial charge < -0.3 is 19.7 Å². The maximum Gasteiger partial charge on any atom is 0.159 e. The van der Waals surface area contributed by atoms with E-state index in [1.165, 1.54) is 0 Å². The predicted octanol–water partition coefficient (Wildman–Crippen LogP) is 0.271. The van der Waals surface area contributed by atoms with Crippen molar-refractivity contribution in [3.05, 3.63) is 0 Å². The molecule has 0 spiro atoms. The fourth-order valence-corrected chi connectivity index (χ4v) is 1.34. The Bertz CT molecular complexity index is 152. The van der Waals surface area contributed by atoms with Crippen LogP contribution in [0.5, 0.6) is 0 Å². The molecular formula is C9H18O4. The molecule has 1 rings (SSSR count). The van der Waals surface area contributed by atoms with Gasteiger partial charge in [0.2, 0.25) is 0 Å². The first-order chi connectivity index (χ1) is 5.99. The van der Waals surface area contributed by atoms with Crippen molar-refractivity contribution in [3.63, 3.8) is 0 Å². The smallest absolute Gasteiger partial charge is 0.159 e. The molecule has 2 N–H and O–H groups in total. The Hall–Kier alpha value is -0.160. The van der Waals surface area contributed by atoms with E-state index in [2.05, 4.69) is 0 Å². The molecule has 0 aromatic rings. The number of ether oxygens (including phenoxy) is 2. The van der Waals surface area contributed by atoms with E-state index >= 15 is 0 Å². The highest BCUT2D eigenvalue weighted by atomic mass is 16.6. The van der Waals surface area contributed by atoms with Gasteiger partial charge in [-0.1, -0.05) is 0 Å². The first-order valence-corrected chi connectivity index (χ1v) is 4.65. The van der Waals surface area contributed by atoms with Crippen LogP contribution in [-0.4, -0.2) is 41.4 Å². The summed E-state index contributed by atoms with van der Waals surface area (Å²) in [6.45, 7) is 4.19. The second-order valence-electron chi connectivity index (χ2n) is 3.85. The third kappa shape index (κ3) is 4.04. The molecular weight excluding hydrogens is 172 g/mol. The van der Waals surface area contributed by atoms with Gasteiger partial charge in [-0.25, -0.2) is 0 Å². The molecule has 78 valence electrons. The summed E-state index contributed by atoms with van der Waals surface area (Å²) in [5.41, 5.74) is 0. The minimum Gasteiger partial charge on any atom is -0.390 e. The van der Waals surface area contributed by atoms with Crippen molar-refractivity contribution in [1.82, 2.24) is 0 Å². The highest BCUT2D eigenvalue weighted by Crippen LogP contribution is 2.17. The SMILES string of the molecule is CC(C)(O)OCCC1OCCC1O. The van der Waals surface area contributed by atoms with Crippen molar-refractivity contribution < 1.29 is 19.7 Å². The lowest BCUT2D eigenvalue weighted by Crippen LogP contribution is -2.28. The molecule has 0 aromatic heterocycles. The largest absolute Gasteiger partial charge is 0.390 e. The summed E-state index contributed by atoms with van der Waals surface area (Å²) < 4.78 is 10.4. The third-order valence-corrected chi connectivity index (χ3v) is 2.03. The predicted molar refractivity (Wildman–Crippen MR) is 47.2 cm³/mol. The fraction of sp³-hybridized carbons (Fsp3) is 1.00. The molecule has 1 aliphatic rings. The second kappa shape index (κ2) is 4.37. The Morgan fingerprint density at radius 3 is 2.69 bits per heavy atom. The van der Waals surface area contributed by atoms with Gasteiger partial charge in [-0.2, -0.15) is 0 Å². The standard InChI is InChI=1S/C9H18O4/c1-9(2,11)13-6-4-8-7(10)3-5-12-8/h7-8,10-11H,3-6H2,1-2H3. The van der Waals surface area contributed by atoms with Crippen LogP contribution in [0.25, 0.3) is 0 Å². The highest BCUT2D eigenvalue weighted by Gasteiger charge is 2.26. The van der Waals surface area contributed by atoms with E-state index in [0.29, 0.717) is 26.1 Å². The molecule has 0 aromatic carbocycles. The first kappa shape index (κ1) is 10.9. The molecule has 13 heavy (non-hydrogen) atoms. The molecule has 0 radical (unpaired) electrons. The van der Waals surface area contributed by atoms with Crippen LogP contribution in [0.2, 0.25) is 0 Å². The topological polar surface area (TPSA) is 58.9 Å². The van der Waals surface area contributed by atoms with Crippen LogP contribution in [0.4, 0.5) is 0 Å². The second-order valence-corrected chi connectivity index (χ2v) is 3.85. The van der Waals surface area contributed by atoms with E-state index in [0.717, 1.165) is 0 Å². The van der Waals surface area contributed by atoms with Gasteiger partial charge in [0.15, 0.2) is 5.79 Å². The summed E-state index contributed by atoms with van der Waals surface area (Å²) in [5.74, 6) is -1.09. The maximum absolute atomic E-state index is 9.38. The van der Waals surface area contributed by atoms with E-state index < -0.39 is 5.79 Å². The average molecular weight is 190 g/mol. The molecule has 4 nitrogen and oxygen atoms in total. The summed E-state index contributed by atoms with van der Waals surface area (Å²) in [7, 11) is 0. The van der Waals surface area contributed by atoms with Crippen LogP contribution in [0.3, 0.4) is 0 Å². The van der Waals surface area contributed by atoms with Crippen LogP contribution in [-0.2, 0) is 9.47 Å². The van der Waals surface area contributed by atoms with E-state index in [1.54, 1.807) is 13.8 Å². The third-order valence-electron chi connectivity index (χ3n) is 2.03. The fourth-order valence-electron chi connectivity index (χ4n) is 1.34. The summed E-state index contributed by atoms with van der Waals surface area (Å²) in [4.78, 5) is 0. The van der Waals surface area contributed by atoms with Gasteiger partial charge in [0.05, 0.1) is 18.8 Å². The molecule has 4 heteroatoms. The molecule has 1 fully saturated rings. The Labute approximate surface area is 78.5 Å². The summed E-state index contributed by atoms with van der Waals surface area (Å²) in [5, 5.41) is 18.6. The lowest BCUT2D eigenvalue weighted by molar-refractivity contribution is -0.180. The van der Waals surface area contributed by atoms with Gasteiger partial charge in [-0.15, -0.1) is 0 Å². The van der Waals surface area contributed by atoms with Crippen molar-refractivity contribution in [1.29, 1.82) is 0 Å². The summed E-state index contributed by atoms with van der Waals surface area (Å²) in [6.07, 6.45) is 0.839. The quantitative estimate of drug-likeness (QED) is 0.625. The van der Waals surface area contributed by atoms with Gasteiger partial charge in [0.25, 0.3) is 0 Å². The molecule has 0 aliphatic carbocycles. The Morgan fingerprint density at radius 2 is 2.23 bits per heavy atom. The zero-order chi connectivity index (χ0) is 9.90. The molecule has 2 unspecified atom stereocenters. The van der Waals surface area contributed by atoms with Crippen molar-refractivity contribution in [2.45, 2.75) is 44.7 Å². The van der Waals surface area contributed by atoms with E-state index in [9.17, 15) is 10.2 Å². The monoisotopic (exact) mass is 190 g/mol. The minimum absolute atomic E-state index is 0.123. The lowest BCUT2D eigenvalue weighted by Gasteiger charge is -2.20. The maximum atomic E-state index is 9.38. The highest BCUT2D eigenvalue weighted by molar-refractivity contribution is 4.74. The normalized spacial score (nSPS) is 29.5. The minimum atomic E-state index is -1.09. The van der Waals surface area contributed by atoms with Crippen LogP contribution >= 0.6 is 0 Å². The van der Waals surface area contributed by atoms with Crippen molar-refractivity contribution in [3.8, 4) is 0 Å². The van der Waals surface area contributed by atoms with Crippen LogP contribution in [0.15, 0.2) is 0 Å². The van der Waals surface area contributed by atoms with Crippen molar-refractivity contribution in [2.75, 3.05) is 13.2 Å². The van der Waals surface area contributed by atoms with Gasteiger partial charge in [-0.3, -0.25) is 0 Å². The van der Waals surface area contributed by atoms with E-state index in [4.69, 9.17) is 9.47 Å². The summed E-state index contributed by atoms with van der Waals surface area (Å²) in [6, 6.07) is 0. The average Bonchev–Trinajstić information content (AvgIpc) is 2.34. The Balaban J connectivity index is 2.12. The van der Waals surface area contributed by atoms with Gasteiger partial charge >= 0.3 is 0 Å².